The molecule has 1 saturated heterocycles. The second-order valence-electron chi connectivity index (χ2n) is 5.41. The molecular formula is C15H24N2O2. The number of nitrogens with two attached hydrogens (primary N) is 1. The third-order valence-corrected chi connectivity index (χ3v) is 3.88. The van der Waals surface area contributed by atoms with Gasteiger partial charge in [0.1, 0.15) is 5.75 Å². The Labute approximate surface area is 115 Å². The molecule has 1 aliphatic rings. The summed E-state index contributed by atoms with van der Waals surface area (Å²) in [6.45, 7) is 5.22. The molecule has 1 fully saturated rings. The number of methoxy groups -OCH3 is 1. The zero-order valence-corrected chi connectivity index (χ0v) is 12.1. The molecule has 0 amide bonds. The van der Waals surface area contributed by atoms with Crippen LogP contribution in [0.25, 0.3) is 0 Å². The lowest BCUT2D eigenvalue weighted by Gasteiger charge is -2.43. The Morgan fingerprint density at radius 2 is 2.16 bits per heavy atom. The van der Waals surface area contributed by atoms with Gasteiger partial charge in [-0.2, -0.15) is 0 Å². The van der Waals surface area contributed by atoms with Gasteiger partial charge in [0.2, 0.25) is 0 Å². The largest absolute Gasteiger partial charge is 0.495 e. The average Bonchev–Trinajstić information content (AvgIpc) is 2.41. The van der Waals surface area contributed by atoms with Crippen LogP contribution >= 0.6 is 0 Å². The maximum Gasteiger partial charge on any atom is 0.142 e. The van der Waals surface area contributed by atoms with Crippen molar-refractivity contribution in [2.24, 2.45) is 11.1 Å². The van der Waals surface area contributed by atoms with E-state index < -0.39 is 0 Å². The molecule has 0 atom stereocenters. The zero-order valence-electron chi connectivity index (χ0n) is 12.1. The van der Waals surface area contributed by atoms with Crippen LogP contribution in [0, 0.1) is 5.41 Å². The minimum Gasteiger partial charge on any atom is -0.495 e. The molecule has 0 radical (unpaired) electrons. The fourth-order valence-corrected chi connectivity index (χ4v) is 2.51. The SMILES string of the molecule is CCc1ccc(OC)c(N(C)CC2(CN)COC2)c1. The van der Waals surface area contributed by atoms with Crippen LogP contribution < -0.4 is 15.4 Å². The second-order valence-corrected chi connectivity index (χ2v) is 5.41. The molecule has 4 nitrogen and oxygen atoms in total. The van der Waals surface area contributed by atoms with Crippen molar-refractivity contribution in [3.8, 4) is 5.75 Å². The molecule has 1 heterocycles. The first-order valence-electron chi connectivity index (χ1n) is 6.80. The summed E-state index contributed by atoms with van der Waals surface area (Å²) in [6, 6.07) is 6.35. The molecule has 106 valence electrons. The summed E-state index contributed by atoms with van der Waals surface area (Å²) >= 11 is 0. The molecule has 1 aromatic carbocycles. The Bertz CT molecular complexity index is 425. The molecule has 0 spiro atoms. The molecule has 2 rings (SSSR count). The van der Waals surface area contributed by atoms with Crippen LogP contribution in [0.5, 0.6) is 5.75 Å². The lowest BCUT2D eigenvalue weighted by Crippen LogP contribution is -2.54. The third-order valence-electron chi connectivity index (χ3n) is 3.88. The van der Waals surface area contributed by atoms with E-state index in [-0.39, 0.29) is 5.41 Å². The summed E-state index contributed by atoms with van der Waals surface area (Å²) in [4.78, 5) is 2.23. The predicted molar refractivity (Wildman–Crippen MR) is 77.9 cm³/mol. The van der Waals surface area contributed by atoms with Crippen molar-refractivity contribution in [2.45, 2.75) is 13.3 Å². The van der Waals surface area contributed by atoms with Crippen molar-refractivity contribution in [2.75, 3.05) is 45.4 Å². The molecule has 0 aromatic heterocycles. The van der Waals surface area contributed by atoms with Gasteiger partial charge < -0.3 is 20.1 Å². The van der Waals surface area contributed by atoms with E-state index in [0.29, 0.717) is 6.54 Å². The van der Waals surface area contributed by atoms with Gasteiger partial charge in [-0.1, -0.05) is 13.0 Å². The minimum absolute atomic E-state index is 0.0992. The summed E-state index contributed by atoms with van der Waals surface area (Å²) in [5.41, 5.74) is 8.42. The van der Waals surface area contributed by atoms with Crippen molar-refractivity contribution >= 4 is 5.69 Å². The van der Waals surface area contributed by atoms with Crippen molar-refractivity contribution in [1.29, 1.82) is 0 Å². The van der Waals surface area contributed by atoms with Gasteiger partial charge in [0.25, 0.3) is 0 Å². The van der Waals surface area contributed by atoms with Gasteiger partial charge in [-0.05, 0) is 24.1 Å². The monoisotopic (exact) mass is 264 g/mol. The van der Waals surface area contributed by atoms with Crippen LogP contribution in [0.1, 0.15) is 12.5 Å². The van der Waals surface area contributed by atoms with Gasteiger partial charge in [-0.3, -0.25) is 0 Å². The number of benzene rings is 1. The van der Waals surface area contributed by atoms with Gasteiger partial charge in [0, 0.05) is 25.6 Å². The molecular weight excluding hydrogens is 240 g/mol. The normalized spacial score (nSPS) is 16.8. The van der Waals surface area contributed by atoms with Gasteiger partial charge in [0.15, 0.2) is 0 Å². The van der Waals surface area contributed by atoms with E-state index in [4.69, 9.17) is 15.2 Å². The van der Waals surface area contributed by atoms with Gasteiger partial charge >= 0.3 is 0 Å². The van der Waals surface area contributed by atoms with E-state index in [0.717, 1.165) is 37.6 Å². The topological polar surface area (TPSA) is 47.7 Å². The van der Waals surface area contributed by atoms with Crippen molar-refractivity contribution < 1.29 is 9.47 Å². The minimum atomic E-state index is 0.0992. The first kappa shape index (κ1) is 14.2. The number of rotatable bonds is 6. The molecule has 2 N–H and O–H groups in total. The number of anilines is 1. The van der Waals surface area contributed by atoms with Crippen LogP contribution in [0.4, 0.5) is 5.69 Å². The fourth-order valence-electron chi connectivity index (χ4n) is 2.51. The van der Waals surface area contributed by atoms with Crippen LogP contribution in [-0.2, 0) is 11.2 Å². The molecule has 0 aliphatic carbocycles. The molecule has 0 saturated carbocycles. The molecule has 4 heteroatoms. The molecule has 1 aliphatic heterocycles. The number of nitrogens with zero attached hydrogens (tertiary/aromatic N) is 1. The maximum absolute atomic E-state index is 5.88. The van der Waals surface area contributed by atoms with Crippen molar-refractivity contribution in [1.82, 2.24) is 0 Å². The molecule has 0 unspecified atom stereocenters. The van der Waals surface area contributed by atoms with E-state index in [1.54, 1.807) is 7.11 Å². The lowest BCUT2D eigenvalue weighted by atomic mass is 9.85. The van der Waals surface area contributed by atoms with E-state index in [1.165, 1.54) is 5.56 Å². The molecule has 0 bridgehead atoms. The predicted octanol–water partition coefficient (Wildman–Crippen LogP) is 1.67. The van der Waals surface area contributed by atoms with Crippen LogP contribution in [0.15, 0.2) is 18.2 Å². The van der Waals surface area contributed by atoms with Gasteiger partial charge in [-0.25, -0.2) is 0 Å². The van der Waals surface area contributed by atoms with E-state index >= 15 is 0 Å². The zero-order chi connectivity index (χ0) is 13.9. The van der Waals surface area contributed by atoms with Crippen LogP contribution in [0.2, 0.25) is 0 Å². The second kappa shape index (κ2) is 5.80. The fraction of sp³-hybridized carbons (Fsp3) is 0.600. The van der Waals surface area contributed by atoms with Crippen LogP contribution in [-0.4, -0.2) is 40.5 Å². The standard InChI is InChI=1S/C15H24N2O2/c1-4-12-5-6-14(18-3)13(7-12)17(2)9-15(8-16)10-19-11-15/h5-7H,4,8-11,16H2,1-3H3. The third kappa shape index (κ3) is 2.85. The summed E-state index contributed by atoms with van der Waals surface area (Å²) in [7, 11) is 3.80. The first-order chi connectivity index (χ1) is 9.14. The smallest absolute Gasteiger partial charge is 0.142 e. The van der Waals surface area contributed by atoms with E-state index in [1.807, 2.05) is 6.07 Å². The summed E-state index contributed by atoms with van der Waals surface area (Å²) in [5.74, 6) is 0.909. The Morgan fingerprint density at radius 3 is 2.63 bits per heavy atom. The van der Waals surface area contributed by atoms with Crippen LogP contribution in [0.3, 0.4) is 0 Å². The van der Waals surface area contributed by atoms with E-state index in [2.05, 4.69) is 31.0 Å². The quantitative estimate of drug-likeness (QED) is 0.849. The highest BCUT2D eigenvalue weighted by atomic mass is 16.5. The Kier molecular flexibility index (Phi) is 4.32. The van der Waals surface area contributed by atoms with Gasteiger partial charge in [-0.15, -0.1) is 0 Å². The van der Waals surface area contributed by atoms with Crippen molar-refractivity contribution in [3.63, 3.8) is 0 Å². The van der Waals surface area contributed by atoms with Gasteiger partial charge in [0.05, 0.1) is 26.0 Å². The summed E-state index contributed by atoms with van der Waals surface area (Å²) in [5, 5.41) is 0. The highest BCUT2D eigenvalue weighted by molar-refractivity contribution is 5.60. The lowest BCUT2D eigenvalue weighted by molar-refractivity contribution is -0.101. The maximum atomic E-state index is 5.88. The Balaban J connectivity index is 2.19. The molecule has 19 heavy (non-hydrogen) atoms. The van der Waals surface area contributed by atoms with Crippen molar-refractivity contribution in [3.05, 3.63) is 23.8 Å². The first-order valence-corrected chi connectivity index (χ1v) is 6.80. The Hall–Kier alpha value is -1.26. The van der Waals surface area contributed by atoms with E-state index in [9.17, 15) is 0 Å². The highest BCUT2D eigenvalue weighted by Crippen LogP contribution is 2.33. The number of aryl methyl sites for hydroxylation is 1. The molecule has 1 aromatic rings. The number of hydrogen-bond donors (Lipinski definition) is 1. The number of ether oxygens (including phenoxy) is 2. The summed E-state index contributed by atoms with van der Waals surface area (Å²) < 4.78 is 10.8. The number of hydrogen-bond acceptors (Lipinski definition) is 4. The highest BCUT2D eigenvalue weighted by Gasteiger charge is 2.38. The average molecular weight is 264 g/mol. The Morgan fingerprint density at radius 1 is 1.42 bits per heavy atom. The summed E-state index contributed by atoms with van der Waals surface area (Å²) in [6.07, 6.45) is 1.02.